The summed E-state index contributed by atoms with van der Waals surface area (Å²) in [7, 11) is 0.834. The van der Waals surface area contributed by atoms with Gasteiger partial charge in [-0.1, -0.05) is 12.2 Å². The molecule has 0 unspecified atom stereocenters. The van der Waals surface area contributed by atoms with Crippen LogP contribution in [0.5, 0.6) is 0 Å². The summed E-state index contributed by atoms with van der Waals surface area (Å²) in [5, 5.41) is 33.9. The maximum Gasteiger partial charge on any atom is 0.175 e. The molecule has 2 aliphatic heterocycles. The van der Waals surface area contributed by atoms with Crippen LogP contribution in [-0.4, -0.2) is 68.2 Å². The number of ether oxygens (including phenoxy) is 1. The third kappa shape index (κ3) is 2.42. The molecule has 9 heteroatoms. The maximum atomic E-state index is 9.78. The minimum absolute atomic E-state index is 0.209. The average Bonchev–Trinajstić information content (AvgIpc) is 2.87. The van der Waals surface area contributed by atoms with Gasteiger partial charge >= 0.3 is 0 Å². The molecule has 17 heavy (non-hydrogen) atoms. The minimum Gasteiger partial charge on any atom is -0.394 e. The van der Waals surface area contributed by atoms with Gasteiger partial charge in [-0.25, -0.2) is 0 Å². The van der Waals surface area contributed by atoms with Crippen molar-refractivity contribution in [3.8, 4) is 0 Å². The van der Waals surface area contributed by atoms with Crippen LogP contribution in [-0.2, 0) is 4.74 Å². The first-order valence-electron chi connectivity index (χ1n) is 4.99. The van der Waals surface area contributed by atoms with E-state index < -0.39 is 24.5 Å². The van der Waals surface area contributed by atoms with E-state index in [0.717, 1.165) is 8.58 Å². The van der Waals surface area contributed by atoms with Crippen LogP contribution < -0.4 is 5.73 Å². The number of nitrogens with zero attached hydrogens (tertiary/aromatic N) is 2. The van der Waals surface area contributed by atoms with Gasteiger partial charge in [0.15, 0.2) is 6.23 Å². The van der Waals surface area contributed by atoms with Crippen LogP contribution in [0.4, 0.5) is 0 Å². The number of aliphatic hydroxyl groups is 3. The summed E-state index contributed by atoms with van der Waals surface area (Å²) in [4.78, 5) is 0.209. The first kappa shape index (κ1) is 13.1. The Hall–Kier alpha value is -0.370. The van der Waals surface area contributed by atoms with Crippen LogP contribution in [0.3, 0.4) is 0 Å². The lowest BCUT2D eigenvalue weighted by Gasteiger charge is -2.23. The zero-order chi connectivity index (χ0) is 12.6. The van der Waals surface area contributed by atoms with Gasteiger partial charge in [-0.2, -0.15) is 5.10 Å². The molecular weight excluding hydrogens is 265 g/mol. The van der Waals surface area contributed by atoms with E-state index in [2.05, 4.69) is 5.10 Å². The molecule has 0 saturated carbocycles. The molecule has 1 saturated heterocycles. The third-order valence-corrected chi connectivity index (χ3v) is 4.03. The van der Waals surface area contributed by atoms with E-state index in [0.29, 0.717) is 11.7 Å². The Kier molecular flexibility index (Phi) is 3.92. The Morgan fingerprint density at radius 3 is 2.76 bits per heavy atom. The summed E-state index contributed by atoms with van der Waals surface area (Å²) in [5.74, 6) is 0. The molecule has 0 aromatic carbocycles. The van der Waals surface area contributed by atoms with Crippen LogP contribution in [0.1, 0.15) is 0 Å². The van der Waals surface area contributed by atoms with Crippen molar-refractivity contribution in [2.45, 2.75) is 24.5 Å². The zero-order valence-electron chi connectivity index (χ0n) is 8.80. The number of hydrogen-bond acceptors (Lipinski definition) is 7. The lowest BCUT2D eigenvalue weighted by atomic mass is 10.1. The predicted molar refractivity (Wildman–Crippen MR) is 65.6 cm³/mol. The van der Waals surface area contributed by atoms with Crippen molar-refractivity contribution in [3.63, 3.8) is 0 Å². The minimum atomic E-state index is -1.12. The molecule has 2 rings (SSSR count). The second kappa shape index (κ2) is 5.09. The Morgan fingerprint density at radius 2 is 2.29 bits per heavy atom. The fourth-order valence-corrected chi connectivity index (χ4v) is 2.79. The summed E-state index contributed by atoms with van der Waals surface area (Å²) in [5.41, 5.74) is 6.00. The predicted octanol–water partition coefficient (Wildman–Crippen LogP) is -1.76. The molecule has 2 heterocycles. The van der Waals surface area contributed by atoms with Gasteiger partial charge in [0.1, 0.15) is 28.8 Å². The van der Waals surface area contributed by atoms with Crippen molar-refractivity contribution < 1.29 is 20.1 Å². The van der Waals surface area contributed by atoms with Gasteiger partial charge in [-0.05, 0) is 0 Å². The second-order valence-corrected chi connectivity index (χ2v) is 5.22. The van der Waals surface area contributed by atoms with Gasteiger partial charge in [-0.15, -0.1) is 0 Å². The SMILES string of the molecule is NC(=S)C1=NN([C@@H]2O[C@H](CO)[C@@H](O)[C@H]2O)C[P]1. The quantitative estimate of drug-likeness (QED) is 0.357. The number of hydrazone groups is 1. The van der Waals surface area contributed by atoms with Crippen LogP contribution >= 0.6 is 20.8 Å². The second-order valence-electron chi connectivity index (χ2n) is 3.76. The van der Waals surface area contributed by atoms with Gasteiger partial charge in [0.25, 0.3) is 0 Å². The van der Waals surface area contributed by atoms with Gasteiger partial charge in [0, 0.05) is 8.58 Å². The molecule has 0 aliphatic carbocycles. The topological polar surface area (TPSA) is 112 Å². The molecule has 1 radical (unpaired) electrons. The highest BCUT2D eigenvalue weighted by Crippen LogP contribution is 2.31. The average molecular weight is 278 g/mol. The van der Waals surface area contributed by atoms with Gasteiger partial charge < -0.3 is 25.8 Å². The largest absolute Gasteiger partial charge is 0.394 e. The van der Waals surface area contributed by atoms with E-state index in [9.17, 15) is 10.2 Å². The van der Waals surface area contributed by atoms with Crippen LogP contribution in [0.25, 0.3) is 0 Å². The van der Waals surface area contributed by atoms with Gasteiger partial charge in [0.2, 0.25) is 0 Å². The fraction of sp³-hybridized carbons (Fsp3) is 0.750. The van der Waals surface area contributed by atoms with E-state index in [-0.39, 0.29) is 11.6 Å². The van der Waals surface area contributed by atoms with E-state index in [4.69, 9.17) is 27.8 Å². The highest BCUT2D eigenvalue weighted by atomic mass is 32.1. The van der Waals surface area contributed by atoms with Crippen LogP contribution in [0.2, 0.25) is 0 Å². The monoisotopic (exact) mass is 278 g/mol. The molecule has 5 N–H and O–H groups in total. The Morgan fingerprint density at radius 1 is 1.59 bits per heavy atom. The van der Waals surface area contributed by atoms with Crippen LogP contribution in [0, 0.1) is 0 Å². The summed E-state index contributed by atoms with van der Waals surface area (Å²) in [6.07, 6.45) is -3.32. The Labute approximate surface area is 105 Å². The smallest absolute Gasteiger partial charge is 0.175 e. The first-order valence-corrected chi connectivity index (χ1v) is 6.48. The van der Waals surface area contributed by atoms with E-state index in [1.54, 1.807) is 0 Å². The molecule has 0 aromatic rings. The van der Waals surface area contributed by atoms with E-state index >= 15 is 0 Å². The van der Waals surface area contributed by atoms with Crippen molar-refractivity contribution in [2.75, 3.05) is 12.9 Å². The number of nitrogens with two attached hydrogens (primary N) is 1. The number of aliphatic hydroxyl groups excluding tert-OH is 3. The van der Waals surface area contributed by atoms with Crippen molar-refractivity contribution >= 4 is 31.2 Å². The van der Waals surface area contributed by atoms with Crippen molar-refractivity contribution in [2.24, 2.45) is 10.8 Å². The first-order chi connectivity index (χ1) is 8.04. The number of thiocarbonyl (C=S) groups is 1. The normalized spacial score (nSPS) is 38.8. The van der Waals surface area contributed by atoms with E-state index in [1.807, 2.05) is 0 Å². The fourth-order valence-electron chi connectivity index (χ4n) is 1.72. The summed E-state index contributed by atoms with van der Waals surface area (Å²) in [6.45, 7) is -0.355. The zero-order valence-corrected chi connectivity index (χ0v) is 10.5. The van der Waals surface area contributed by atoms with Crippen molar-refractivity contribution in [1.82, 2.24) is 5.01 Å². The molecule has 0 bridgehead atoms. The van der Waals surface area contributed by atoms with Crippen molar-refractivity contribution in [3.05, 3.63) is 0 Å². The highest BCUT2D eigenvalue weighted by molar-refractivity contribution is 7.85. The van der Waals surface area contributed by atoms with E-state index in [1.165, 1.54) is 5.01 Å². The lowest BCUT2D eigenvalue weighted by Crippen LogP contribution is -2.40. The summed E-state index contributed by atoms with van der Waals surface area (Å²) < 4.78 is 5.33. The lowest BCUT2D eigenvalue weighted by molar-refractivity contribution is -0.0889. The van der Waals surface area contributed by atoms with Gasteiger partial charge in [0.05, 0.1) is 12.9 Å². The number of hydrogen-bond donors (Lipinski definition) is 4. The van der Waals surface area contributed by atoms with Crippen LogP contribution in [0.15, 0.2) is 5.10 Å². The summed E-state index contributed by atoms with van der Waals surface area (Å²) in [6, 6.07) is 0. The Balaban J connectivity index is 2.07. The molecule has 7 nitrogen and oxygen atoms in total. The molecule has 4 atom stereocenters. The molecule has 0 spiro atoms. The summed E-state index contributed by atoms with van der Waals surface area (Å²) >= 11 is 4.80. The molecule has 0 aromatic heterocycles. The third-order valence-electron chi connectivity index (χ3n) is 2.62. The standard InChI is InChI=1S/C8H13N3O4PS/c9-6(17)7-10-11(2-16-7)8-5(14)4(13)3(1-12)15-8/h3-5,8,12-14H,1-2H2,(H2,9,17)/t3-,4-,5-,8-/m1/s1. The molecular formula is C8H13N3O4PS. The number of rotatable bonds is 3. The molecule has 1 fully saturated rings. The Bertz CT molecular complexity index is 356. The molecule has 2 aliphatic rings. The van der Waals surface area contributed by atoms with Gasteiger partial charge in [-0.3, -0.25) is 5.01 Å². The maximum absolute atomic E-state index is 9.78. The van der Waals surface area contributed by atoms with Crippen molar-refractivity contribution in [1.29, 1.82) is 0 Å². The molecule has 0 amide bonds. The molecule has 95 valence electrons. The highest BCUT2D eigenvalue weighted by Gasteiger charge is 2.46.